The van der Waals surface area contributed by atoms with E-state index in [4.69, 9.17) is 4.74 Å². The van der Waals surface area contributed by atoms with E-state index in [0.29, 0.717) is 24.3 Å². The maximum atomic E-state index is 12.4. The average Bonchev–Trinajstić information content (AvgIpc) is 2.98. The fourth-order valence-electron chi connectivity index (χ4n) is 4.34. The molecule has 1 N–H and O–H groups in total. The van der Waals surface area contributed by atoms with Gasteiger partial charge in [-0.05, 0) is 42.7 Å². The molecule has 1 saturated carbocycles. The van der Waals surface area contributed by atoms with Crippen LogP contribution >= 0.6 is 0 Å². The van der Waals surface area contributed by atoms with Crippen molar-refractivity contribution in [2.24, 2.45) is 24.8 Å². The van der Waals surface area contributed by atoms with Crippen molar-refractivity contribution in [3.05, 3.63) is 52.4 Å². The van der Waals surface area contributed by atoms with Crippen LogP contribution in [0.3, 0.4) is 0 Å². The van der Waals surface area contributed by atoms with Gasteiger partial charge in [0, 0.05) is 13.1 Å². The Morgan fingerprint density at radius 1 is 1.24 bits per heavy atom. The van der Waals surface area contributed by atoms with Crippen molar-refractivity contribution < 1.29 is 9.53 Å². The Morgan fingerprint density at radius 3 is 2.66 bits per heavy atom. The summed E-state index contributed by atoms with van der Waals surface area (Å²) in [5.41, 5.74) is 1.43. The van der Waals surface area contributed by atoms with Crippen LogP contribution < -0.4 is 10.9 Å². The van der Waals surface area contributed by atoms with Gasteiger partial charge in [-0.15, -0.1) is 0 Å². The number of rotatable bonds is 7. The first kappa shape index (κ1) is 21.4. The molecule has 0 aliphatic heterocycles. The summed E-state index contributed by atoms with van der Waals surface area (Å²) in [5.74, 6) is 1.57. The molecule has 6 heteroatoms. The Labute approximate surface area is 172 Å². The van der Waals surface area contributed by atoms with E-state index in [1.807, 2.05) is 37.4 Å². The summed E-state index contributed by atoms with van der Waals surface area (Å²) in [4.78, 5) is 24.7. The van der Waals surface area contributed by atoms with Gasteiger partial charge in [0.25, 0.3) is 5.56 Å². The highest BCUT2D eigenvalue weighted by atomic mass is 16.5. The van der Waals surface area contributed by atoms with Crippen LogP contribution in [0, 0.1) is 17.8 Å². The summed E-state index contributed by atoms with van der Waals surface area (Å²) in [7, 11) is 1.82. The zero-order valence-corrected chi connectivity index (χ0v) is 17.9. The summed E-state index contributed by atoms with van der Waals surface area (Å²) in [5, 5.41) is 2.89. The number of benzene rings is 1. The van der Waals surface area contributed by atoms with E-state index >= 15 is 0 Å². The molecule has 0 spiro atoms. The molecule has 0 saturated heterocycles. The van der Waals surface area contributed by atoms with Crippen LogP contribution in [0.25, 0.3) is 5.69 Å². The number of hydrogen-bond acceptors (Lipinski definition) is 3. The molecule has 1 fully saturated rings. The van der Waals surface area contributed by atoms with Crippen molar-refractivity contribution in [2.45, 2.75) is 52.7 Å². The Balaban J connectivity index is 1.57. The van der Waals surface area contributed by atoms with Crippen LogP contribution in [0.15, 0.2) is 41.2 Å². The highest BCUT2D eigenvalue weighted by molar-refractivity contribution is 5.77. The van der Waals surface area contributed by atoms with Crippen molar-refractivity contribution in [1.82, 2.24) is 14.7 Å². The molecule has 3 unspecified atom stereocenters. The number of aromatic nitrogens is 2. The van der Waals surface area contributed by atoms with Crippen LogP contribution in [0.1, 0.15) is 45.7 Å². The van der Waals surface area contributed by atoms with E-state index in [1.54, 1.807) is 15.4 Å². The van der Waals surface area contributed by atoms with Crippen LogP contribution in [-0.4, -0.2) is 28.0 Å². The second kappa shape index (κ2) is 9.44. The Morgan fingerprint density at radius 2 is 1.97 bits per heavy atom. The summed E-state index contributed by atoms with van der Waals surface area (Å²) in [6.07, 6.45) is 3.57. The first-order chi connectivity index (χ1) is 13.9. The first-order valence-electron chi connectivity index (χ1n) is 10.6. The van der Waals surface area contributed by atoms with Gasteiger partial charge in [-0.3, -0.25) is 14.3 Å². The number of para-hydroxylation sites is 1. The highest BCUT2D eigenvalue weighted by Crippen LogP contribution is 2.35. The molecule has 0 radical (unpaired) electrons. The molecule has 0 bridgehead atoms. The molecule has 6 nitrogen and oxygen atoms in total. The number of hydrogen-bond donors (Lipinski definition) is 1. The third kappa shape index (κ3) is 5.18. The molecule has 1 aliphatic carbocycles. The molecule has 3 atom stereocenters. The lowest BCUT2D eigenvalue weighted by Crippen LogP contribution is -2.37. The number of amides is 1. The van der Waals surface area contributed by atoms with Crippen LogP contribution in [0.2, 0.25) is 0 Å². The van der Waals surface area contributed by atoms with Crippen molar-refractivity contribution in [3.8, 4) is 5.69 Å². The summed E-state index contributed by atoms with van der Waals surface area (Å²) >= 11 is 0. The SMILES string of the molecule is CC1CCC(C(C)C)C(OCC(=O)NCc2cc(=O)n(-c3ccccc3)n2C)C1. The van der Waals surface area contributed by atoms with Crippen LogP contribution in [0.4, 0.5) is 0 Å². The van der Waals surface area contributed by atoms with E-state index in [1.165, 1.54) is 12.8 Å². The smallest absolute Gasteiger partial charge is 0.271 e. The lowest BCUT2D eigenvalue weighted by molar-refractivity contribution is -0.131. The zero-order chi connectivity index (χ0) is 21.0. The van der Waals surface area contributed by atoms with Gasteiger partial charge in [-0.2, -0.15) is 0 Å². The quantitative estimate of drug-likeness (QED) is 0.777. The van der Waals surface area contributed by atoms with Gasteiger partial charge in [0.15, 0.2) is 0 Å². The zero-order valence-electron chi connectivity index (χ0n) is 17.9. The minimum atomic E-state index is -0.148. The van der Waals surface area contributed by atoms with E-state index in [-0.39, 0.29) is 24.2 Å². The van der Waals surface area contributed by atoms with Crippen molar-refractivity contribution >= 4 is 5.91 Å². The minimum Gasteiger partial charge on any atom is -0.368 e. The van der Waals surface area contributed by atoms with E-state index in [9.17, 15) is 9.59 Å². The Bertz CT molecular complexity index is 869. The topological polar surface area (TPSA) is 65.3 Å². The molecule has 1 aromatic heterocycles. The number of nitrogens with zero attached hydrogens (tertiary/aromatic N) is 2. The van der Waals surface area contributed by atoms with Gasteiger partial charge in [0.2, 0.25) is 5.91 Å². The third-order valence-corrected chi connectivity index (χ3v) is 6.07. The lowest BCUT2D eigenvalue weighted by Gasteiger charge is -2.37. The molecule has 2 aromatic rings. The van der Waals surface area contributed by atoms with Crippen LogP contribution in [-0.2, 0) is 23.1 Å². The summed E-state index contributed by atoms with van der Waals surface area (Å²) in [6.45, 7) is 7.07. The number of ether oxygens (including phenoxy) is 1. The fraction of sp³-hybridized carbons (Fsp3) is 0.565. The molecule has 1 aromatic carbocycles. The molecule has 1 aliphatic rings. The number of nitrogens with one attached hydrogen (secondary N) is 1. The van der Waals surface area contributed by atoms with Crippen molar-refractivity contribution in [1.29, 1.82) is 0 Å². The fourth-order valence-corrected chi connectivity index (χ4v) is 4.34. The van der Waals surface area contributed by atoms with Crippen LogP contribution in [0.5, 0.6) is 0 Å². The molecular formula is C23H33N3O3. The molecular weight excluding hydrogens is 366 g/mol. The molecule has 3 rings (SSSR count). The third-order valence-electron chi connectivity index (χ3n) is 6.07. The first-order valence-corrected chi connectivity index (χ1v) is 10.6. The van der Waals surface area contributed by atoms with Gasteiger partial charge >= 0.3 is 0 Å². The van der Waals surface area contributed by atoms with E-state index in [2.05, 4.69) is 26.1 Å². The lowest BCUT2D eigenvalue weighted by atomic mass is 9.75. The van der Waals surface area contributed by atoms with E-state index < -0.39 is 0 Å². The van der Waals surface area contributed by atoms with Gasteiger partial charge < -0.3 is 10.1 Å². The largest absolute Gasteiger partial charge is 0.368 e. The molecule has 1 amide bonds. The van der Waals surface area contributed by atoms with Gasteiger partial charge in [0.1, 0.15) is 6.61 Å². The molecule has 29 heavy (non-hydrogen) atoms. The maximum absolute atomic E-state index is 12.4. The van der Waals surface area contributed by atoms with Gasteiger partial charge in [0.05, 0.1) is 24.0 Å². The van der Waals surface area contributed by atoms with Gasteiger partial charge in [-0.25, -0.2) is 4.68 Å². The summed E-state index contributed by atoms with van der Waals surface area (Å²) < 4.78 is 9.39. The normalized spacial score (nSPS) is 22.0. The number of carbonyl (C=O) groups is 1. The molecule has 158 valence electrons. The maximum Gasteiger partial charge on any atom is 0.271 e. The Kier molecular flexibility index (Phi) is 6.96. The van der Waals surface area contributed by atoms with E-state index in [0.717, 1.165) is 17.8 Å². The predicted octanol–water partition coefficient (Wildman–Crippen LogP) is 3.27. The number of carbonyl (C=O) groups excluding carboxylic acids is 1. The van der Waals surface area contributed by atoms with Crippen molar-refractivity contribution in [3.63, 3.8) is 0 Å². The minimum absolute atomic E-state index is 0.0634. The second-order valence-electron chi connectivity index (χ2n) is 8.60. The standard InChI is InChI=1S/C23H33N3O3/c1-16(2)20-11-10-17(3)12-21(20)29-15-22(27)24-14-19-13-23(28)26(25(19)4)18-8-6-5-7-9-18/h5-9,13,16-17,20-21H,10-12,14-15H2,1-4H3,(H,24,27). The predicted molar refractivity (Wildman–Crippen MR) is 114 cm³/mol. The average molecular weight is 400 g/mol. The second-order valence-corrected chi connectivity index (χ2v) is 8.60. The Hall–Kier alpha value is -2.34. The summed E-state index contributed by atoms with van der Waals surface area (Å²) in [6, 6.07) is 11.0. The van der Waals surface area contributed by atoms with Crippen molar-refractivity contribution in [2.75, 3.05) is 6.61 Å². The monoisotopic (exact) mass is 399 g/mol. The molecule has 1 heterocycles. The highest BCUT2D eigenvalue weighted by Gasteiger charge is 2.31. The van der Waals surface area contributed by atoms with Gasteiger partial charge in [-0.1, -0.05) is 45.4 Å².